The van der Waals surface area contributed by atoms with Crippen LogP contribution in [0, 0.1) is 0 Å². The van der Waals surface area contributed by atoms with E-state index < -0.39 is 0 Å². The minimum atomic E-state index is -0.161. The van der Waals surface area contributed by atoms with E-state index in [9.17, 15) is 4.79 Å². The molecular formula is C20H19N3O. The summed E-state index contributed by atoms with van der Waals surface area (Å²) in [6, 6.07) is 16.3. The molecule has 24 heavy (non-hydrogen) atoms. The van der Waals surface area contributed by atoms with E-state index >= 15 is 0 Å². The number of aromatic nitrogens is 3. The smallest absolute Gasteiger partial charge is 0.274 e. The summed E-state index contributed by atoms with van der Waals surface area (Å²) in [6.07, 6.45) is 0. The van der Waals surface area contributed by atoms with Crippen molar-refractivity contribution >= 4 is 21.9 Å². The molecule has 0 radical (unpaired) electrons. The van der Waals surface area contributed by atoms with Crippen molar-refractivity contribution in [2.75, 3.05) is 0 Å². The summed E-state index contributed by atoms with van der Waals surface area (Å²) in [5.74, 6) is 0.465. The second-order valence-electron chi connectivity index (χ2n) is 6.48. The first kappa shape index (κ1) is 14.7. The highest BCUT2D eigenvalue weighted by molar-refractivity contribution is 6.09. The lowest BCUT2D eigenvalue weighted by Gasteiger charge is -2.08. The number of aryl methyl sites for hydroxylation is 1. The first-order valence-electron chi connectivity index (χ1n) is 8.14. The summed E-state index contributed by atoms with van der Waals surface area (Å²) in [5, 5.41) is 8.02. The van der Waals surface area contributed by atoms with Crippen molar-refractivity contribution in [3.05, 3.63) is 64.4 Å². The average molecular weight is 317 g/mol. The predicted molar refractivity (Wildman–Crippen MR) is 98.4 cm³/mol. The standard InChI is InChI=1S/C20H19N3O/c1-12(2)13-8-10-14(11-9-13)17-19-18(21-22-20(17)24)15-6-4-5-7-16(15)23(19)3/h4-12H,1-3H3,(H,22,24). The fourth-order valence-corrected chi connectivity index (χ4v) is 3.35. The fraction of sp³-hybridized carbons (Fsp3) is 0.200. The van der Waals surface area contributed by atoms with Gasteiger partial charge in [-0.25, -0.2) is 5.10 Å². The molecule has 1 N–H and O–H groups in total. The zero-order valence-electron chi connectivity index (χ0n) is 14.0. The molecule has 0 fully saturated rings. The number of fused-ring (bicyclic) bond motifs is 3. The highest BCUT2D eigenvalue weighted by atomic mass is 16.1. The Bertz CT molecular complexity index is 1100. The first-order valence-corrected chi connectivity index (χ1v) is 8.14. The number of hydrogen-bond donors (Lipinski definition) is 1. The normalized spacial score (nSPS) is 11.7. The lowest BCUT2D eigenvalue weighted by Crippen LogP contribution is -2.12. The Balaban J connectivity index is 2.08. The van der Waals surface area contributed by atoms with Crippen molar-refractivity contribution in [1.29, 1.82) is 0 Å². The van der Waals surface area contributed by atoms with Crippen LogP contribution in [0.5, 0.6) is 0 Å². The molecule has 2 heterocycles. The van der Waals surface area contributed by atoms with Crippen molar-refractivity contribution in [3.63, 3.8) is 0 Å². The van der Waals surface area contributed by atoms with Gasteiger partial charge in [-0.1, -0.05) is 56.3 Å². The molecule has 4 aromatic rings. The van der Waals surface area contributed by atoms with Crippen molar-refractivity contribution < 1.29 is 0 Å². The number of hydrogen-bond acceptors (Lipinski definition) is 2. The summed E-state index contributed by atoms with van der Waals surface area (Å²) in [4.78, 5) is 12.6. The quantitative estimate of drug-likeness (QED) is 0.602. The van der Waals surface area contributed by atoms with Crippen LogP contribution in [0.3, 0.4) is 0 Å². The lowest BCUT2D eigenvalue weighted by atomic mass is 9.99. The average Bonchev–Trinajstić information content (AvgIpc) is 2.88. The van der Waals surface area contributed by atoms with E-state index in [0.717, 1.165) is 27.5 Å². The molecule has 4 rings (SSSR count). The highest BCUT2D eigenvalue weighted by Gasteiger charge is 2.17. The second-order valence-corrected chi connectivity index (χ2v) is 6.48. The van der Waals surface area contributed by atoms with E-state index in [2.05, 4.69) is 40.7 Å². The van der Waals surface area contributed by atoms with Crippen LogP contribution in [-0.2, 0) is 7.05 Å². The number of benzene rings is 2. The fourth-order valence-electron chi connectivity index (χ4n) is 3.35. The maximum absolute atomic E-state index is 12.6. The summed E-state index contributed by atoms with van der Waals surface area (Å²) in [5.41, 5.74) is 5.46. The largest absolute Gasteiger partial charge is 0.342 e. The molecule has 0 amide bonds. The highest BCUT2D eigenvalue weighted by Crippen LogP contribution is 2.31. The van der Waals surface area contributed by atoms with Gasteiger partial charge in [-0.15, -0.1) is 0 Å². The number of aromatic amines is 1. The number of para-hydroxylation sites is 1. The van der Waals surface area contributed by atoms with Gasteiger partial charge in [0.05, 0.1) is 16.6 Å². The molecule has 0 atom stereocenters. The molecule has 2 aromatic carbocycles. The van der Waals surface area contributed by atoms with Crippen LogP contribution in [0.15, 0.2) is 53.3 Å². The minimum absolute atomic E-state index is 0.161. The maximum Gasteiger partial charge on any atom is 0.274 e. The third-order valence-corrected chi connectivity index (χ3v) is 4.68. The van der Waals surface area contributed by atoms with Gasteiger partial charge in [-0.2, -0.15) is 5.10 Å². The van der Waals surface area contributed by atoms with E-state index in [1.54, 1.807) is 0 Å². The van der Waals surface area contributed by atoms with E-state index in [0.29, 0.717) is 11.5 Å². The van der Waals surface area contributed by atoms with Crippen LogP contribution < -0.4 is 5.56 Å². The topological polar surface area (TPSA) is 50.7 Å². The van der Waals surface area contributed by atoms with Gasteiger partial charge >= 0.3 is 0 Å². The molecular weight excluding hydrogens is 298 g/mol. The van der Waals surface area contributed by atoms with E-state index in [1.807, 2.05) is 43.4 Å². The number of nitrogens with zero attached hydrogens (tertiary/aromatic N) is 2. The Morgan fingerprint density at radius 1 is 1.04 bits per heavy atom. The SMILES string of the molecule is CC(C)c1ccc(-c2c(=O)[nH]nc3c4ccccc4n(C)c23)cc1. The van der Waals surface area contributed by atoms with Crippen molar-refractivity contribution in [1.82, 2.24) is 14.8 Å². The van der Waals surface area contributed by atoms with Crippen LogP contribution in [0.2, 0.25) is 0 Å². The lowest BCUT2D eigenvalue weighted by molar-refractivity contribution is 0.867. The zero-order valence-corrected chi connectivity index (χ0v) is 14.0. The number of rotatable bonds is 2. The molecule has 0 aliphatic heterocycles. The molecule has 0 saturated heterocycles. The monoisotopic (exact) mass is 317 g/mol. The van der Waals surface area contributed by atoms with Gasteiger partial charge < -0.3 is 4.57 Å². The summed E-state index contributed by atoms with van der Waals surface area (Å²) < 4.78 is 2.05. The van der Waals surface area contributed by atoms with E-state index in [4.69, 9.17) is 0 Å². The predicted octanol–water partition coefficient (Wildman–Crippen LogP) is 4.21. The molecule has 4 heteroatoms. The van der Waals surface area contributed by atoms with Gasteiger partial charge in [0.1, 0.15) is 5.52 Å². The number of H-pyrrole nitrogens is 1. The van der Waals surface area contributed by atoms with Gasteiger partial charge in [-0.3, -0.25) is 4.79 Å². The van der Waals surface area contributed by atoms with Crippen LogP contribution in [-0.4, -0.2) is 14.8 Å². The molecule has 2 aromatic heterocycles. The van der Waals surface area contributed by atoms with Gasteiger partial charge in [0.25, 0.3) is 5.56 Å². The minimum Gasteiger partial charge on any atom is -0.342 e. The second kappa shape index (κ2) is 5.34. The van der Waals surface area contributed by atoms with Crippen molar-refractivity contribution in [2.45, 2.75) is 19.8 Å². The third-order valence-electron chi connectivity index (χ3n) is 4.68. The van der Waals surface area contributed by atoms with Crippen molar-refractivity contribution in [2.24, 2.45) is 7.05 Å². The summed E-state index contributed by atoms with van der Waals surface area (Å²) in [7, 11) is 1.98. The molecule has 0 unspecified atom stereocenters. The Hall–Kier alpha value is -2.88. The zero-order chi connectivity index (χ0) is 16.8. The van der Waals surface area contributed by atoms with Gasteiger partial charge in [0, 0.05) is 12.4 Å². The van der Waals surface area contributed by atoms with Gasteiger partial charge in [-0.05, 0) is 23.1 Å². The maximum atomic E-state index is 12.6. The molecule has 0 saturated carbocycles. The molecule has 0 aliphatic carbocycles. The van der Waals surface area contributed by atoms with Gasteiger partial charge in [0.15, 0.2) is 0 Å². The summed E-state index contributed by atoms with van der Waals surface area (Å²) in [6.45, 7) is 4.33. The third kappa shape index (κ3) is 2.07. The summed E-state index contributed by atoms with van der Waals surface area (Å²) >= 11 is 0. The molecule has 0 aliphatic rings. The van der Waals surface area contributed by atoms with Crippen LogP contribution >= 0.6 is 0 Å². The Morgan fingerprint density at radius 2 is 1.75 bits per heavy atom. The molecule has 0 bridgehead atoms. The van der Waals surface area contributed by atoms with E-state index in [-0.39, 0.29) is 5.56 Å². The van der Waals surface area contributed by atoms with Gasteiger partial charge in [0.2, 0.25) is 0 Å². The van der Waals surface area contributed by atoms with Crippen LogP contribution in [0.4, 0.5) is 0 Å². The van der Waals surface area contributed by atoms with Crippen molar-refractivity contribution in [3.8, 4) is 11.1 Å². The Labute approximate surface area is 139 Å². The Morgan fingerprint density at radius 3 is 2.46 bits per heavy atom. The molecule has 0 spiro atoms. The van der Waals surface area contributed by atoms with Crippen LogP contribution in [0.25, 0.3) is 33.1 Å². The Kier molecular flexibility index (Phi) is 3.27. The molecule has 120 valence electrons. The first-order chi connectivity index (χ1) is 11.6. The number of nitrogens with one attached hydrogen (secondary N) is 1. The van der Waals surface area contributed by atoms with E-state index in [1.165, 1.54) is 5.56 Å². The van der Waals surface area contributed by atoms with Crippen LogP contribution in [0.1, 0.15) is 25.3 Å². The molecule has 4 nitrogen and oxygen atoms in total.